The monoisotopic (exact) mass is 600 g/mol. The molecular formula is C26H32O12S2. The summed E-state index contributed by atoms with van der Waals surface area (Å²) < 4.78 is 82.2. The average Bonchev–Trinajstić information content (AvgIpc) is 3.67. The van der Waals surface area contributed by atoms with Crippen molar-refractivity contribution >= 4 is 20.2 Å². The minimum absolute atomic E-state index is 0.0318. The lowest BCUT2D eigenvalue weighted by Gasteiger charge is -2.17. The normalized spacial score (nSPS) is 33.3. The van der Waals surface area contributed by atoms with Crippen molar-refractivity contribution in [2.24, 2.45) is 0 Å². The van der Waals surface area contributed by atoms with Gasteiger partial charge in [0.2, 0.25) is 0 Å². The van der Waals surface area contributed by atoms with Gasteiger partial charge in [-0.15, -0.1) is 0 Å². The fourth-order valence-corrected chi connectivity index (χ4v) is 7.04. The average molecular weight is 601 g/mol. The maximum atomic E-state index is 12.6. The second-order valence-corrected chi connectivity index (χ2v) is 13.3. The van der Waals surface area contributed by atoms with Crippen molar-refractivity contribution in [3.05, 3.63) is 59.7 Å². The van der Waals surface area contributed by atoms with Crippen LogP contribution in [0.25, 0.3) is 0 Å². The highest BCUT2D eigenvalue weighted by Gasteiger charge is 2.52. The fraction of sp³-hybridized carbons (Fsp3) is 0.538. The van der Waals surface area contributed by atoms with E-state index in [1.54, 1.807) is 24.3 Å². The van der Waals surface area contributed by atoms with Crippen molar-refractivity contribution in [1.82, 2.24) is 0 Å². The van der Waals surface area contributed by atoms with E-state index in [2.05, 4.69) is 0 Å². The van der Waals surface area contributed by atoms with Crippen LogP contribution in [-0.2, 0) is 47.5 Å². The summed E-state index contributed by atoms with van der Waals surface area (Å²) in [6.07, 6.45) is -4.98. The van der Waals surface area contributed by atoms with Gasteiger partial charge in [-0.2, -0.15) is 16.8 Å². The number of hydrogen-bond acceptors (Lipinski definition) is 12. The molecule has 2 aromatic rings. The van der Waals surface area contributed by atoms with Crippen molar-refractivity contribution < 1.29 is 54.4 Å². The van der Waals surface area contributed by atoms with Crippen LogP contribution in [0.4, 0.5) is 0 Å². The molecule has 2 N–H and O–H groups in total. The van der Waals surface area contributed by atoms with Crippen molar-refractivity contribution in [2.45, 2.75) is 72.5 Å². The second-order valence-electron chi connectivity index (χ2n) is 10.1. The molecule has 0 saturated carbocycles. The Balaban J connectivity index is 0.000000269. The Hall–Kier alpha value is -1.98. The quantitative estimate of drug-likeness (QED) is 0.441. The summed E-state index contributed by atoms with van der Waals surface area (Å²) >= 11 is 0. The van der Waals surface area contributed by atoms with Crippen molar-refractivity contribution in [3.8, 4) is 0 Å². The Labute approximate surface area is 233 Å². The van der Waals surface area contributed by atoms with E-state index in [-0.39, 0.29) is 48.4 Å². The molecule has 0 aromatic heterocycles. The van der Waals surface area contributed by atoms with E-state index in [0.29, 0.717) is 0 Å². The molecule has 6 rings (SSSR count). The zero-order chi connectivity index (χ0) is 28.7. The van der Waals surface area contributed by atoms with E-state index in [0.717, 1.165) is 11.1 Å². The first kappa shape index (κ1) is 29.5. The van der Waals surface area contributed by atoms with Gasteiger partial charge in [0.25, 0.3) is 20.2 Å². The third kappa shape index (κ3) is 6.26. The van der Waals surface area contributed by atoms with Crippen LogP contribution < -0.4 is 0 Å². The topological polar surface area (TPSA) is 164 Å². The van der Waals surface area contributed by atoms with E-state index < -0.39 is 56.9 Å². The number of aliphatic hydroxyl groups is 2. The lowest BCUT2D eigenvalue weighted by molar-refractivity contribution is 0.00205. The molecule has 12 nitrogen and oxygen atoms in total. The van der Waals surface area contributed by atoms with Crippen molar-refractivity contribution in [2.75, 3.05) is 26.4 Å². The number of rotatable bonds is 6. The van der Waals surface area contributed by atoms with Gasteiger partial charge in [0.1, 0.15) is 48.8 Å². The molecule has 40 heavy (non-hydrogen) atoms. The summed E-state index contributed by atoms with van der Waals surface area (Å²) in [5.74, 6) is 0. The summed E-state index contributed by atoms with van der Waals surface area (Å²) in [6, 6.07) is 12.6. The summed E-state index contributed by atoms with van der Waals surface area (Å²) in [5.41, 5.74) is 1.85. The zero-order valence-electron chi connectivity index (χ0n) is 21.9. The molecule has 2 aromatic carbocycles. The molecule has 0 unspecified atom stereocenters. The number of aliphatic hydroxyl groups excluding tert-OH is 2. The van der Waals surface area contributed by atoms with Crippen LogP contribution in [0.3, 0.4) is 0 Å². The second kappa shape index (κ2) is 11.7. The van der Waals surface area contributed by atoms with Crippen LogP contribution in [0.15, 0.2) is 58.3 Å². The summed E-state index contributed by atoms with van der Waals surface area (Å²) in [4.78, 5) is 0.0635. The Morgan fingerprint density at radius 3 is 1.25 bits per heavy atom. The number of benzene rings is 2. The van der Waals surface area contributed by atoms with Gasteiger partial charge in [0.15, 0.2) is 0 Å². The van der Waals surface area contributed by atoms with Gasteiger partial charge in [0, 0.05) is 0 Å². The van der Waals surface area contributed by atoms with Crippen LogP contribution in [0.1, 0.15) is 11.1 Å². The first-order valence-corrected chi connectivity index (χ1v) is 15.6. The zero-order valence-corrected chi connectivity index (χ0v) is 23.5. The molecule has 4 aliphatic heterocycles. The van der Waals surface area contributed by atoms with E-state index in [1.165, 1.54) is 24.3 Å². The van der Waals surface area contributed by atoms with Crippen LogP contribution >= 0.6 is 0 Å². The molecule has 0 amide bonds. The van der Waals surface area contributed by atoms with Gasteiger partial charge in [-0.1, -0.05) is 35.4 Å². The van der Waals surface area contributed by atoms with E-state index in [4.69, 9.17) is 37.5 Å². The van der Waals surface area contributed by atoms with Gasteiger partial charge in [0.05, 0.1) is 36.2 Å². The number of fused-ring (bicyclic) bond motifs is 2. The molecular weight excluding hydrogens is 568 g/mol. The number of ether oxygens (including phenoxy) is 4. The maximum absolute atomic E-state index is 12.6. The molecule has 0 bridgehead atoms. The Morgan fingerprint density at radius 2 is 0.900 bits per heavy atom. The van der Waals surface area contributed by atoms with Crippen LogP contribution in [0, 0.1) is 13.8 Å². The molecule has 0 spiro atoms. The SMILES string of the molecule is Cc1ccc(S(=O)(=O)O[C@@H]2CO[C@H]3[C@@H]2OC[C@H]3OS(=O)(=O)c2ccc(C)cc2)cc1.O[C@@H]1CO[C@H]2[C@@H]1OC[C@H]2O. The third-order valence-electron chi connectivity index (χ3n) is 7.08. The third-order valence-corrected chi connectivity index (χ3v) is 9.78. The molecule has 4 aliphatic rings. The number of hydrogen-bond donors (Lipinski definition) is 2. The first-order valence-electron chi connectivity index (χ1n) is 12.8. The molecule has 8 atom stereocenters. The molecule has 220 valence electrons. The van der Waals surface area contributed by atoms with Gasteiger partial charge in [-0.3, -0.25) is 8.37 Å². The standard InChI is InChI=1S/C20H22O8S2.C6H10O4/c1-13-3-7-15(8-4-13)29(21,22)27-17-11-25-20-18(12-26-19(17)20)28-30(23,24)16-9-5-14(2)6-10-16;7-3-1-9-6-4(8)2-10-5(3)6/h3-10,17-20H,11-12H2,1-2H3;3-8H,1-2H2/t17-,18-,19-,20-;3-,4-,5-,6-/m11/s1. The smallest absolute Gasteiger partial charge is 0.297 e. The lowest BCUT2D eigenvalue weighted by Crippen LogP contribution is -2.36. The van der Waals surface area contributed by atoms with Crippen molar-refractivity contribution in [1.29, 1.82) is 0 Å². The molecule has 4 heterocycles. The highest BCUT2D eigenvalue weighted by atomic mass is 32.2. The summed E-state index contributed by atoms with van der Waals surface area (Å²) in [7, 11) is -8.04. The number of aryl methyl sites for hydroxylation is 2. The van der Waals surface area contributed by atoms with Crippen LogP contribution in [0.2, 0.25) is 0 Å². The minimum atomic E-state index is -4.02. The van der Waals surface area contributed by atoms with E-state index in [9.17, 15) is 16.8 Å². The highest BCUT2D eigenvalue weighted by Crippen LogP contribution is 2.34. The highest BCUT2D eigenvalue weighted by molar-refractivity contribution is 7.87. The fourth-order valence-electron chi connectivity index (χ4n) is 4.90. The molecule has 14 heteroatoms. The molecule has 4 saturated heterocycles. The van der Waals surface area contributed by atoms with Gasteiger partial charge in [-0.25, -0.2) is 0 Å². The molecule has 4 fully saturated rings. The predicted octanol–water partition coefficient (Wildman–Crippen LogP) is 0.455. The molecule has 0 radical (unpaired) electrons. The van der Waals surface area contributed by atoms with Crippen LogP contribution in [-0.4, -0.2) is 102 Å². The van der Waals surface area contributed by atoms with Gasteiger partial charge < -0.3 is 29.2 Å². The first-order chi connectivity index (χ1) is 18.9. The van der Waals surface area contributed by atoms with E-state index in [1.807, 2.05) is 13.8 Å². The molecule has 0 aliphatic carbocycles. The Bertz CT molecular complexity index is 1270. The largest absolute Gasteiger partial charge is 0.388 e. The maximum Gasteiger partial charge on any atom is 0.297 e. The van der Waals surface area contributed by atoms with E-state index >= 15 is 0 Å². The van der Waals surface area contributed by atoms with Crippen molar-refractivity contribution in [3.63, 3.8) is 0 Å². The minimum Gasteiger partial charge on any atom is -0.388 e. The van der Waals surface area contributed by atoms with Gasteiger partial charge in [-0.05, 0) is 38.1 Å². The summed E-state index contributed by atoms with van der Waals surface area (Å²) in [5, 5.41) is 18.3. The Kier molecular flexibility index (Phi) is 8.65. The Morgan fingerprint density at radius 1 is 0.575 bits per heavy atom. The van der Waals surface area contributed by atoms with Gasteiger partial charge >= 0.3 is 0 Å². The summed E-state index contributed by atoms with van der Waals surface area (Å²) in [6.45, 7) is 4.17. The predicted molar refractivity (Wildman–Crippen MR) is 137 cm³/mol. The lowest BCUT2D eigenvalue weighted by atomic mass is 10.1. The van der Waals surface area contributed by atoms with Crippen LogP contribution in [0.5, 0.6) is 0 Å².